The molecule has 10 heteroatoms. The van der Waals surface area contributed by atoms with Crippen LogP contribution in [0.2, 0.25) is 0 Å². The predicted octanol–water partition coefficient (Wildman–Crippen LogP) is 18.5. The van der Waals surface area contributed by atoms with Gasteiger partial charge in [0.15, 0.2) is 0 Å². The Morgan fingerprint density at radius 3 is 1.29 bits per heavy atom. The van der Waals surface area contributed by atoms with Crippen molar-refractivity contribution in [1.29, 1.82) is 0 Å². The number of allylic oxidation sites excluding steroid dienone is 15. The maximum absolute atomic E-state index is 13.5. The number of phosphoric acid groups is 1. The Labute approximate surface area is 468 Å². The van der Waals surface area contributed by atoms with Gasteiger partial charge in [-0.2, -0.15) is 0 Å². The molecule has 438 valence electrons. The number of esters is 1. The van der Waals surface area contributed by atoms with Gasteiger partial charge in [-0.15, -0.1) is 0 Å². The van der Waals surface area contributed by atoms with Crippen LogP contribution in [0.5, 0.6) is 0 Å². The molecule has 0 radical (unpaired) electrons. The van der Waals surface area contributed by atoms with Crippen LogP contribution in [-0.2, 0) is 27.9 Å². The van der Waals surface area contributed by atoms with Crippen molar-refractivity contribution >= 4 is 19.7 Å². The third kappa shape index (κ3) is 55.7. The standard InChI is InChI=1S/C66H117N2O7P/c1-7-10-13-16-19-22-25-28-30-32-33-34-35-37-39-41-44-47-50-53-56-59-66(70)75-64(57-54-51-48-45-42-27-24-21-18-15-12-9-3)63(62-74-76(71,72)73-61-60-68(4,5)6)67-65(69)58-55-52-49-46-43-40-38-36-31-29-26-23-20-17-14-11-8-2/h10,13,19,22,28-31,33-34,37,39,44,47,54,57,63-64H,7-9,11-12,14-18,20-21,23-27,32,35-36,38,40-43,45-46,48-53,55-56,58-62H2,1-6H3,(H-,67,69,71,72)/b13-10-,22-19-,30-28-,31-29+,34-33-,39-37-,47-44-,57-54+. The molecule has 0 rings (SSSR count). The van der Waals surface area contributed by atoms with E-state index in [0.717, 1.165) is 103 Å². The van der Waals surface area contributed by atoms with E-state index in [2.05, 4.69) is 111 Å². The molecule has 0 saturated heterocycles. The zero-order valence-corrected chi connectivity index (χ0v) is 50.8. The summed E-state index contributed by atoms with van der Waals surface area (Å²) in [4.78, 5) is 40.0. The van der Waals surface area contributed by atoms with Gasteiger partial charge in [0.2, 0.25) is 5.91 Å². The lowest BCUT2D eigenvalue weighted by Gasteiger charge is -2.30. The Balaban J connectivity index is 5.36. The Morgan fingerprint density at radius 2 is 0.842 bits per heavy atom. The number of nitrogens with one attached hydrogen (secondary N) is 1. The van der Waals surface area contributed by atoms with Gasteiger partial charge in [-0.3, -0.25) is 14.2 Å². The number of hydrogen-bond donors (Lipinski definition) is 1. The lowest BCUT2D eigenvalue weighted by Crippen LogP contribution is -2.47. The molecule has 0 fully saturated rings. The van der Waals surface area contributed by atoms with Gasteiger partial charge in [-0.1, -0.05) is 234 Å². The van der Waals surface area contributed by atoms with E-state index in [4.69, 9.17) is 13.8 Å². The molecule has 1 amide bonds. The molecule has 0 aromatic rings. The number of quaternary nitrogens is 1. The Kier molecular flexibility index (Phi) is 53.0. The normalized spacial score (nSPS) is 14.4. The molecule has 3 atom stereocenters. The molecule has 0 aromatic heterocycles. The van der Waals surface area contributed by atoms with Crippen LogP contribution in [-0.4, -0.2) is 69.4 Å². The number of unbranched alkanes of at least 4 members (excludes halogenated alkanes) is 25. The first-order valence-electron chi connectivity index (χ1n) is 31.0. The minimum absolute atomic E-state index is 0.0343. The maximum Gasteiger partial charge on any atom is 0.306 e. The van der Waals surface area contributed by atoms with Crippen LogP contribution < -0.4 is 10.2 Å². The zero-order chi connectivity index (χ0) is 55.7. The monoisotopic (exact) mass is 1080 g/mol. The summed E-state index contributed by atoms with van der Waals surface area (Å²) in [6.45, 7) is 6.69. The molecular weight excluding hydrogens is 964 g/mol. The predicted molar refractivity (Wildman–Crippen MR) is 325 cm³/mol. The molecule has 0 aliphatic heterocycles. The number of likely N-dealkylation sites (N-methyl/N-ethyl adjacent to an activating group) is 1. The van der Waals surface area contributed by atoms with Crippen molar-refractivity contribution in [1.82, 2.24) is 5.32 Å². The number of nitrogens with zero attached hydrogens (tertiary/aromatic N) is 1. The minimum Gasteiger partial charge on any atom is -0.756 e. The Hall–Kier alpha value is -3.07. The van der Waals surface area contributed by atoms with Crippen molar-refractivity contribution < 1.29 is 37.3 Å². The van der Waals surface area contributed by atoms with E-state index < -0.39 is 26.6 Å². The topological polar surface area (TPSA) is 114 Å². The zero-order valence-electron chi connectivity index (χ0n) is 49.9. The number of hydrogen-bond acceptors (Lipinski definition) is 7. The Bertz CT molecular complexity index is 1620. The second kappa shape index (κ2) is 55.3. The Morgan fingerprint density at radius 1 is 0.474 bits per heavy atom. The first-order chi connectivity index (χ1) is 36.9. The van der Waals surface area contributed by atoms with Gasteiger partial charge in [-0.25, -0.2) is 0 Å². The van der Waals surface area contributed by atoms with Crippen LogP contribution in [0.25, 0.3) is 0 Å². The summed E-state index contributed by atoms with van der Waals surface area (Å²) in [7, 11) is 1.15. The first-order valence-corrected chi connectivity index (χ1v) is 32.5. The summed E-state index contributed by atoms with van der Waals surface area (Å²) >= 11 is 0. The van der Waals surface area contributed by atoms with E-state index in [1.54, 1.807) is 0 Å². The van der Waals surface area contributed by atoms with Gasteiger partial charge in [0.05, 0.1) is 33.8 Å². The second-order valence-corrected chi connectivity index (χ2v) is 23.2. The molecule has 0 aliphatic carbocycles. The third-order valence-electron chi connectivity index (χ3n) is 13.2. The molecule has 0 spiro atoms. The van der Waals surface area contributed by atoms with Crippen LogP contribution >= 0.6 is 7.82 Å². The molecule has 0 aromatic carbocycles. The second-order valence-electron chi connectivity index (χ2n) is 21.8. The van der Waals surface area contributed by atoms with Crippen LogP contribution in [0.15, 0.2) is 97.2 Å². The van der Waals surface area contributed by atoms with Gasteiger partial charge in [-0.05, 0) is 109 Å². The van der Waals surface area contributed by atoms with Gasteiger partial charge >= 0.3 is 5.97 Å². The highest BCUT2D eigenvalue weighted by atomic mass is 31.2. The molecule has 9 nitrogen and oxygen atoms in total. The van der Waals surface area contributed by atoms with E-state index in [-0.39, 0.29) is 24.9 Å². The van der Waals surface area contributed by atoms with E-state index in [0.29, 0.717) is 23.9 Å². The van der Waals surface area contributed by atoms with Crippen LogP contribution in [0, 0.1) is 0 Å². The largest absolute Gasteiger partial charge is 0.756 e. The number of ether oxygens (including phenoxy) is 1. The first kappa shape index (κ1) is 72.9. The molecule has 3 unspecified atom stereocenters. The highest BCUT2D eigenvalue weighted by molar-refractivity contribution is 7.45. The number of rotatable bonds is 55. The average molecular weight is 1080 g/mol. The summed E-state index contributed by atoms with van der Waals surface area (Å²) in [6, 6.07) is -0.914. The molecule has 0 heterocycles. The minimum atomic E-state index is -4.71. The van der Waals surface area contributed by atoms with E-state index in [1.165, 1.54) is 116 Å². The summed E-state index contributed by atoms with van der Waals surface area (Å²) in [5.74, 6) is -0.599. The average Bonchev–Trinajstić information content (AvgIpc) is 3.38. The summed E-state index contributed by atoms with van der Waals surface area (Å²) in [6.07, 6.45) is 73.7. The molecule has 0 bridgehead atoms. The SMILES string of the molecule is CC/C=C\C/C=C\C/C=C\C/C=C\C/C=C\C/C=C\CCCCC(=O)OC(/C=C/CCCCCCCCCCCC)C(COP(=O)([O-])OCC[N+](C)(C)C)NC(=O)CCCCCCCCC/C=C/CCCCCCCC. The summed E-state index contributed by atoms with van der Waals surface area (Å²) in [5, 5.41) is 3.01. The van der Waals surface area contributed by atoms with E-state index in [1.807, 2.05) is 33.3 Å². The molecular formula is C66H117N2O7P. The fourth-order valence-corrected chi connectivity index (χ4v) is 9.18. The fourth-order valence-electron chi connectivity index (χ4n) is 8.46. The van der Waals surface area contributed by atoms with E-state index in [9.17, 15) is 19.0 Å². The van der Waals surface area contributed by atoms with Crippen molar-refractivity contribution in [3.05, 3.63) is 97.2 Å². The fraction of sp³-hybridized carbons (Fsp3) is 0.727. The summed E-state index contributed by atoms with van der Waals surface area (Å²) < 4.78 is 30.3. The third-order valence-corrected chi connectivity index (χ3v) is 14.2. The number of carbonyl (C=O) groups is 2. The number of carbonyl (C=O) groups excluding carboxylic acids is 2. The van der Waals surface area contributed by atoms with Crippen molar-refractivity contribution in [3.63, 3.8) is 0 Å². The lowest BCUT2D eigenvalue weighted by molar-refractivity contribution is -0.870. The molecule has 0 saturated carbocycles. The van der Waals surface area contributed by atoms with E-state index >= 15 is 0 Å². The molecule has 76 heavy (non-hydrogen) atoms. The molecule has 0 aliphatic rings. The van der Waals surface area contributed by atoms with Crippen molar-refractivity contribution in [2.45, 2.75) is 270 Å². The summed E-state index contributed by atoms with van der Waals surface area (Å²) in [5.41, 5.74) is 0. The smallest absolute Gasteiger partial charge is 0.306 e. The van der Waals surface area contributed by atoms with Crippen LogP contribution in [0.1, 0.15) is 258 Å². The van der Waals surface area contributed by atoms with Gasteiger partial charge < -0.3 is 28.5 Å². The van der Waals surface area contributed by atoms with Gasteiger partial charge in [0, 0.05) is 12.8 Å². The highest BCUT2D eigenvalue weighted by Crippen LogP contribution is 2.38. The molecule has 1 N–H and O–H groups in total. The van der Waals surface area contributed by atoms with Crippen LogP contribution in [0.3, 0.4) is 0 Å². The van der Waals surface area contributed by atoms with Crippen molar-refractivity contribution in [2.75, 3.05) is 40.9 Å². The highest BCUT2D eigenvalue weighted by Gasteiger charge is 2.27. The quantitative estimate of drug-likeness (QED) is 0.0212. The van der Waals surface area contributed by atoms with Gasteiger partial charge in [0.1, 0.15) is 19.3 Å². The van der Waals surface area contributed by atoms with Crippen molar-refractivity contribution in [2.24, 2.45) is 0 Å². The number of amides is 1. The van der Waals surface area contributed by atoms with Gasteiger partial charge in [0.25, 0.3) is 7.82 Å². The van der Waals surface area contributed by atoms with Crippen LogP contribution in [0.4, 0.5) is 0 Å². The lowest BCUT2D eigenvalue weighted by atomic mass is 10.0. The number of phosphoric ester groups is 1. The maximum atomic E-state index is 13.5. The van der Waals surface area contributed by atoms with Crippen molar-refractivity contribution in [3.8, 4) is 0 Å².